The van der Waals surface area contributed by atoms with Gasteiger partial charge in [-0.25, -0.2) is 0 Å². The lowest BCUT2D eigenvalue weighted by Crippen LogP contribution is -2.62. The standard InChI is InChI=1S/C16H17N3O3/c1-18-7-14(21)19-12(16(18)22)6-10-9-4-2-3-5-11(9)17-15(10)13(19)8-20/h2-5,12-13,17,20H,6-8H2,1H3/t12-,13-/m1/s1. The Bertz CT molecular complexity index is 782. The third-order valence-corrected chi connectivity index (χ3v) is 4.74. The van der Waals surface area contributed by atoms with Crippen molar-refractivity contribution in [3.63, 3.8) is 0 Å². The van der Waals surface area contributed by atoms with Crippen molar-refractivity contribution in [1.82, 2.24) is 14.8 Å². The number of aliphatic hydroxyl groups is 1. The van der Waals surface area contributed by atoms with E-state index in [4.69, 9.17) is 0 Å². The van der Waals surface area contributed by atoms with Crippen LogP contribution in [-0.4, -0.2) is 57.9 Å². The summed E-state index contributed by atoms with van der Waals surface area (Å²) in [6.45, 7) is -0.125. The van der Waals surface area contributed by atoms with Crippen LogP contribution in [0.3, 0.4) is 0 Å². The quantitative estimate of drug-likeness (QED) is 0.801. The molecule has 1 aromatic heterocycles. The Morgan fingerprint density at radius 1 is 1.32 bits per heavy atom. The van der Waals surface area contributed by atoms with Gasteiger partial charge in [0.2, 0.25) is 11.8 Å². The van der Waals surface area contributed by atoms with E-state index in [2.05, 4.69) is 4.98 Å². The molecule has 1 saturated heterocycles. The van der Waals surface area contributed by atoms with Gasteiger partial charge in [-0.1, -0.05) is 18.2 Å². The monoisotopic (exact) mass is 299 g/mol. The van der Waals surface area contributed by atoms with Gasteiger partial charge in [-0.15, -0.1) is 0 Å². The SMILES string of the molecule is CN1CC(=O)N2[C@H](Cc3c([nH]c4ccccc34)[C@H]2CO)C1=O. The highest BCUT2D eigenvalue weighted by molar-refractivity contribution is 5.97. The van der Waals surface area contributed by atoms with Crippen LogP contribution in [0.5, 0.6) is 0 Å². The second kappa shape index (κ2) is 4.58. The van der Waals surface area contributed by atoms with Crippen LogP contribution in [0.15, 0.2) is 24.3 Å². The van der Waals surface area contributed by atoms with Crippen LogP contribution in [0.25, 0.3) is 10.9 Å². The van der Waals surface area contributed by atoms with E-state index in [-0.39, 0.29) is 25.0 Å². The van der Waals surface area contributed by atoms with Gasteiger partial charge in [0.25, 0.3) is 0 Å². The van der Waals surface area contributed by atoms with Crippen molar-refractivity contribution in [3.05, 3.63) is 35.5 Å². The highest BCUT2D eigenvalue weighted by atomic mass is 16.3. The summed E-state index contributed by atoms with van der Waals surface area (Å²) in [5, 5.41) is 10.9. The second-order valence-electron chi connectivity index (χ2n) is 5.98. The minimum Gasteiger partial charge on any atom is -0.394 e. The number of likely N-dealkylation sites (N-methyl/N-ethyl adjacent to an activating group) is 1. The van der Waals surface area contributed by atoms with Crippen LogP contribution in [0.2, 0.25) is 0 Å². The first-order chi connectivity index (χ1) is 10.6. The Hall–Kier alpha value is -2.34. The van der Waals surface area contributed by atoms with Crippen LogP contribution in [0, 0.1) is 0 Å². The zero-order valence-electron chi connectivity index (χ0n) is 12.2. The number of para-hydroxylation sites is 1. The molecule has 1 fully saturated rings. The molecule has 2 aliphatic heterocycles. The molecule has 6 nitrogen and oxygen atoms in total. The lowest BCUT2D eigenvalue weighted by molar-refractivity contribution is -0.159. The van der Waals surface area contributed by atoms with Crippen LogP contribution in [-0.2, 0) is 16.0 Å². The zero-order chi connectivity index (χ0) is 15.4. The Kier molecular flexibility index (Phi) is 2.77. The van der Waals surface area contributed by atoms with Crippen molar-refractivity contribution in [2.75, 3.05) is 20.2 Å². The average Bonchev–Trinajstić information content (AvgIpc) is 2.89. The van der Waals surface area contributed by atoms with Gasteiger partial charge in [0.15, 0.2) is 0 Å². The third-order valence-electron chi connectivity index (χ3n) is 4.74. The highest BCUT2D eigenvalue weighted by Crippen LogP contribution is 2.38. The van der Waals surface area contributed by atoms with Crippen LogP contribution in [0.1, 0.15) is 17.3 Å². The summed E-state index contributed by atoms with van der Waals surface area (Å²) in [6.07, 6.45) is 0.491. The largest absolute Gasteiger partial charge is 0.394 e. The molecule has 2 N–H and O–H groups in total. The van der Waals surface area contributed by atoms with Gasteiger partial charge in [0, 0.05) is 30.1 Å². The number of nitrogens with one attached hydrogen (secondary N) is 1. The number of piperazine rings is 1. The van der Waals surface area contributed by atoms with E-state index in [1.165, 1.54) is 4.90 Å². The molecule has 2 aliphatic rings. The van der Waals surface area contributed by atoms with E-state index in [0.717, 1.165) is 22.2 Å². The molecule has 114 valence electrons. The summed E-state index contributed by atoms with van der Waals surface area (Å²) in [6, 6.07) is 6.87. The fourth-order valence-corrected chi connectivity index (χ4v) is 3.72. The van der Waals surface area contributed by atoms with E-state index in [1.807, 2.05) is 24.3 Å². The summed E-state index contributed by atoms with van der Waals surface area (Å²) in [5.41, 5.74) is 2.86. The number of aliphatic hydroxyl groups excluding tert-OH is 1. The molecule has 3 heterocycles. The normalized spacial score (nSPS) is 24.6. The Morgan fingerprint density at radius 3 is 2.86 bits per heavy atom. The van der Waals surface area contributed by atoms with Crippen LogP contribution in [0.4, 0.5) is 0 Å². The number of carbonyl (C=O) groups is 2. The van der Waals surface area contributed by atoms with Crippen LogP contribution < -0.4 is 0 Å². The molecule has 0 saturated carbocycles. The molecule has 0 bridgehead atoms. The first-order valence-corrected chi connectivity index (χ1v) is 7.38. The van der Waals surface area contributed by atoms with Gasteiger partial charge in [0.05, 0.1) is 19.2 Å². The van der Waals surface area contributed by atoms with Gasteiger partial charge >= 0.3 is 0 Å². The fraction of sp³-hybridized carbons (Fsp3) is 0.375. The summed E-state index contributed by atoms with van der Waals surface area (Å²) >= 11 is 0. The molecule has 6 heteroatoms. The summed E-state index contributed by atoms with van der Waals surface area (Å²) < 4.78 is 0. The number of hydrogen-bond donors (Lipinski definition) is 2. The molecule has 2 amide bonds. The van der Waals surface area contributed by atoms with Crippen molar-refractivity contribution in [1.29, 1.82) is 0 Å². The molecule has 2 atom stereocenters. The second-order valence-corrected chi connectivity index (χ2v) is 5.98. The Morgan fingerprint density at radius 2 is 2.09 bits per heavy atom. The Balaban J connectivity index is 1.91. The predicted molar refractivity (Wildman–Crippen MR) is 80.1 cm³/mol. The number of nitrogens with zero attached hydrogens (tertiary/aromatic N) is 2. The number of rotatable bonds is 1. The molecule has 0 unspecified atom stereocenters. The molecule has 22 heavy (non-hydrogen) atoms. The molecule has 0 spiro atoms. The molecular formula is C16H17N3O3. The summed E-state index contributed by atoms with van der Waals surface area (Å²) in [5.74, 6) is -0.176. The lowest BCUT2D eigenvalue weighted by atomic mass is 9.89. The lowest BCUT2D eigenvalue weighted by Gasteiger charge is -2.45. The molecule has 0 aliphatic carbocycles. The molecular weight excluding hydrogens is 282 g/mol. The van der Waals surface area contributed by atoms with Crippen molar-refractivity contribution >= 4 is 22.7 Å². The van der Waals surface area contributed by atoms with Gasteiger partial charge in [-0.05, 0) is 11.6 Å². The van der Waals surface area contributed by atoms with Gasteiger partial charge in [-0.2, -0.15) is 0 Å². The first kappa shape index (κ1) is 13.3. The number of aromatic amines is 1. The summed E-state index contributed by atoms with van der Waals surface area (Å²) in [7, 11) is 1.65. The minimum atomic E-state index is -0.518. The maximum atomic E-state index is 12.5. The van der Waals surface area contributed by atoms with Gasteiger partial charge in [-0.3, -0.25) is 9.59 Å². The number of fused-ring (bicyclic) bond motifs is 4. The number of hydrogen-bond acceptors (Lipinski definition) is 3. The van der Waals surface area contributed by atoms with E-state index in [1.54, 1.807) is 11.9 Å². The maximum Gasteiger partial charge on any atom is 0.245 e. The number of carbonyl (C=O) groups excluding carboxylic acids is 2. The first-order valence-electron chi connectivity index (χ1n) is 7.38. The number of amides is 2. The minimum absolute atomic E-state index is 0.0611. The van der Waals surface area contributed by atoms with Gasteiger partial charge in [0.1, 0.15) is 6.04 Å². The predicted octanol–water partition coefficient (Wildman–Crippen LogP) is 0.427. The van der Waals surface area contributed by atoms with E-state index in [9.17, 15) is 14.7 Å². The number of H-pyrrole nitrogens is 1. The van der Waals surface area contributed by atoms with E-state index < -0.39 is 12.1 Å². The topological polar surface area (TPSA) is 76.6 Å². The van der Waals surface area contributed by atoms with Crippen molar-refractivity contribution in [2.24, 2.45) is 0 Å². The fourth-order valence-electron chi connectivity index (χ4n) is 3.72. The Labute approximate surface area is 127 Å². The zero-order valence-corrected chi connectivity index (χ0v) is 12.2. The molecule has 2 aromatic rings. The smallest absolute Gasteiger partial charge is 0.245 e. The van der Waals surface area contributed by atoms with Crippen molar-refractivity contribution < 1.29 is 14.7 Å². The van der Waals surface area contributed by atoms with E-state index in [0.29, 0.717) is 6.42 Å². The maximum absolute atomic E-state index is 12.5. The van der Waals surface area contributed by atoms with Crippen molar-refractivity contribution in [3.8, 4) is 0 Å². The molecule has 0 radical (unpaired) electrons. The molecule has 4 rings (SSSR count). The van der Waals surface area contributed by atoms with Gasteiger partial charge < -0.3 is 19.9 Å². The van der Waals surface area contributed by atoms with E-state index >= 15 is 0 Å². The van der Waals surface area contributed by atoms with Crippen LogP contribution >= 0.6 is 0 Å². The van der Waals surface area contributed by atoms with Crippen molar-refractivity contribution in [2.45, 2.75) is 18.5 Å². The summed E-state index contributed by atoms with van der Waals surface area (Å²) in [4.78, 5) is 31.2. The third kappa shape index (κ3) is 1.64. The molecule has 1 aromatic carbocycles. The average molecular weight is 299 g/mol. The highest BCUT2D eigenvalue weighted by Gasteiger charge is 2.46. The number of benzene rings is 1. The number of aromatic nitrogens is 1.